The van der Waals surface area contributed by atoms with Crippen LogP contribution < -0.4 is 5.32 Å². The number of rotatable bonds is 2. The number of anilines is 1. The summed E-state index contributed by atoms with van der Waals surface area (Å²) < 4.78 is 0. The number of hydrogen-bond donors (Lipinski definition) is 2. The maximum atomic E-state index is 7.09. The zero-order valence-corrected chi connectivity index (χ0v) is 7.47. The monoisotopic (exact) mass is 164 g/mol. The van der Waals surface area contributed by atoms with Crippen LogP contribution in [0.4, 0.5) is 5.82 Å². The molecule has 0 aromatic carbocycles. The summed E-state index contributed by atoms with van der Waals surface area (Å²) in [5, 5.41) is 9.98. The molecule has 1 rings (SSSR count). The smallest absolute Gasteiger partial charge is 0.153 e. The molecule has 0 fully saturated rings. The predicted octanol–water partition coefficient (Wildman–Crippen LogP) is 1.13. The Labute approximate surface area is 71.6 Å². The molecule has 0 unspecified atom stereocenters. The lowest BCUT2D eigenvalue weighted by atomic mass is 10.3. The number of hydrogen-bond acceptors (Lipinski definition) is 4. The van der Waals surface area contributed by atoms with E-state index in [9.17, 15) is 0 Å². The molecular weight excluding hydrogens is 152 g/mol. The molecule has 0 aliphatic rings. The first-order valence-corrected chi connectivity index (χ1v) is 3.72. The van der Waals surface area contributed by atoms with Crippen molar-refractivity contribution >= 4 is 12.0 Å². The van der Waals surface area contributed by atoms with E-state index in [-0.39, 0.29) is 0 Å². The molecule has 0 radical (unpaired) electrons. The Hall–Kier alpha value is -1.45. The second-order valence-electron chi connectivity index (χ2n) is 2.52. The van der Waals surface area contributed by atoms with Gasteiger partial charge in [0.25, 0.3) is 0 Å². The van der Waals surface area contributed by atoms with Crippen LogP contribution >= 0.6 is 0 Å². The van der Waals surface area contributed by atoms with Crippen molar-refractivity contribution in [1.82, 2.24) is 9.97 Å². The van der Waals surface area contributed by atoms with Gasteiger partial charge in [-0.25, -0.2) is 9.97 Å². The third-order valence-corrected chi connectivity index (χ3v) is 1.71. The fraction of sp³-hybridized carbons (Fsp3) is 0.375. The molecule has 0 aliphatic heterocycles. The number of aryl methyl sites for hydroxylation is 2. The van der Waals surface area contributed by atoms with E-state index in [1.807, 2.05) is 13.8 Å². The van der Waals surface area contributed by atoms with E-state index >= 15 is 0 Å². The van der Waals surface area contributed by atoms with Crippen molar-refractivity contribution in [3.63, 3.8) is 0 Å². The molecule has 0 bridgehead atoms. The van der Waals surface area contributed by atoms with Gasteiger partial charge in [-0.05, 0) is 13.8 Å². The van der Waals surface area contributed by atoms with E-state index in [0.717, 1.165) is 11.4 Å². The molecule has 0 amide bonds. The lowest BCUT2D eigenvalue weighted by Gasteiger charge is -2.05. The van der Waals surface area contributed by atoms with E-state index in [0.29, 0.717) is 11.5 Å². The zero-order chi connectivity index (χ0) is 9.14. The summed E-state index contributed by atoms with van der Waals surface area (Å²) in [4.78, 5) is 8.43. The van der Waals surface area contributed by atoms with Crippen molar-refractivity contribution < 1.29 is 0 Å². The summed E-state index contributed by atoms with van der Waals surface area (Å²) in [6, 6.07) is 0. The Bertz CT molecular complexity index is 306. The second kappa shape index (κ2) is 3.30. The van der Waals surface area contributed by atoms with Crippen molar-refractivity contribution in [1.29, 1.82) is 5.41 Å². The maximum Gasteiger partial charge on any atom is 0.153 e. The first kappa shape index (κ1) is 8.64. The minimum Gasteiger partial charge on any atom is -0.371 e. The molecule has 0 spiro atoms. The van der Waals surface area contributed by atoms with Crippen LogP contribution in [0.2, 0.25) is 0 Å². The van der Waals surface area contributed by atoms with Crippen LogP contribution in [-0.2, 0) is 0 Å². The van der Waals surface area contributed by atoms with Gasteiger partial charge >= 0.3 is 0 Å². The lowest BCUT2D eigenvalue weighted by Crippen LogP contribution is -2.04. The summed E-state index contributed by atoms with van der Waals surface area (Å²) in [5.74, 6) is 0.660. The van der Waals surface area contributed by atoms with Crippen LogP contribution in [-0.4, -0.2) is 23.2 Å². The van der Waals surface area contributed by atoms with Crippen LogP contribution in [0.3, 0.4) is 0 Å². The first-order valence-electron chi connectivity index (χ1n) is 3.72. The van der Waals surface area contributed by atoms with Gasteiger partial charge in [0.2, 0.25) is 0 Å². The van der Waals surface area contributed by atoms with Crippen LogP contribution in [0.5, 0.6) is 0 Å². The van der Waals surface area contributed by atoms with Gasteiger partial charge in [0, 0.05) is 13.3 Å². The Morgan fingerprint density at radius 1 is 1.25 bits per heavy atom. The SMILES string of the molecule is CNc1nc(C)c(C)nc1C=N. The standard InChI is InChI=1S/C8H12N4/c1-5-6(2)12-8(10-3)7(4-9)11-5/h4,9H,1-3H3,(H,10,12). The van der Waals surface area contributed by atoms with Crippen LogP contribution in [0.1, 0.15) is 17.1 Å². The first-order chi connectivity index (χ1) is 5.69. The average Bonchev–Trinajstić information content (AvgIpc) is 2.09. The van der Waals surface area contributed by atoms with Crippen molar-refractivity contribution in [2.75, 3.05) is 12.4 Å². The molecule has 1 aromatic rings. The third-order valence-electron chi connectivity index (χ3n) is 1.71. The average molecular weight is 164 g/mol. The van der Waals surface area contributed by atoms with Gasteiger partial charge in [0.1, 0.15) is 5.69 Å². The number of nitrogens with one attached hydrogen (secondary N) is 2. The topological polar surface area (TPSA) is 61.7 Å². The highest BCUT2D eigenvalue weighted by Crippen LogP contribution is 2.09. The van der Waals surface area contributed by atoms with E-state index in [2.05, 4.69) is 15.3 Å². The lowest BCUT2D eigenvalue weighted by molar-refractivity contribution is 1.04. The van der Waals surface area contributed by atoms with Crippen LogP contribution in [0, 0.1) is 19.3 Å². The fourth-order valence-corrected chi connectivity index (χ4v) is 0.905. The summed E-state index contributed by atoms with van der Waals surface area (Å²) in [6.45, 7) is 3.78. The van der Waals surface area contributed by atoms with Gasteiger partial charge in [-0.3, -0.25) is 0 Å². The van der Waals surface area contributed by atoms with E-state index in [1.54, 1.807) is 7.05 Å². The second-order valence-corrected chi connectivity index (χ2v) is 2.52. The molecule has 12 heavy (non-hydrogen) atoms. The van der Waals surface area contributed by atoms with Crippen molar-refractivity contribution in [3.05, 3.63) is 17.1 Å². The molecule has 1 heterocycles. The van der Waals surface area contributed by atoms with Gasteiger partial charge < -0.3 is 10.7 Å². The normalized spacial score (nSPS) is 9.58. The highest BCUT2D eigenvalue weighted by atomic mass is 15.0. The highest BCUT2D eigenvalue weighted by Gasteiger charge is 2.03. The molecule has 0 atom stereocenters. The summed E-state index contributed by atoms with van der Waals surface area (Å²) in [7, 11) is 1.77. The number of nitrogens with zero attached hydrogens (tertiary/aromatic N) is 2. The summed E-state index contributed by atoms with van der Waals surface area (Å²) in [6.07, 6.45) is 1.20. The van der Waals surface area contributed by atoms with E-state index < -0.39 is 0 Å². The van der Waals surface area contributed by atoms with Crippen molar-refractivity contribution in [3.8, 4) is 0 Å². The molecule has 0 saturated carbocycles. The van der Waals surface area contributed by atoms with Gasteiger partial charge in [0.15, 0.2) is 5.82 Å². The Balaban J connectivity index is 3.28. The molecule has 4 heteroatoms. The van der Waals surface area contributed by atoms with Gasteiger partial charge in [0.05, 0.1) is 11.4 Å². The van der Waals surface area contributed by atoms with Gasteiger partial charge in [-0.1, -0.05) is 0 Å². The van der Waals surface area contributed by atoms with E-state index in [1.165, 1.54) is 6.21 Å². The fourth-order valence-electron chi connectivity index (χ4n) is 0.905. The minimum atomic E-state index is 0.584. The third kappa shape index (κ3) is 1.42. The predicted molar refractivity (Wildman–Crippen MR) is 48.9 cm³/mol. The summed E-state index contributed by atoms with van der Waals surface area (Å²) in [5.41, 5.74) is 2.35. The van der Waals surface area contributed by atoms with E-state index in [4.69, 9.17) is 5.41 Å². The largest absolute Gasteiger partial charge is 0.371 e. The van der Waals surface area contributed by atoms with Crippen LogP contribution in [0.15, 0.2) is 0 Å². The molecular formula is C8H12N4. The molecule has 2 N–H and O–H groups in total. The minimum absolute atomic E-state index is 0.584. The molecule has 1 aromatic heterocycles. The Morgan fingerprint density at radius 2 is 1.83 bits per heavy atom. The Morgan fingerprint density at radius 3 is 2.33 bits per heavy atom. The maximum absolute atomic E-state index is 7.09. The number of aromatic nitrogens is 2. The molecule has 0 aliphatic carbocycles. The Kier molecular flexibility index (Phi) is 2.38. The molecule has 0 saturated heterocycles. The van der Waals surface area contributed by atoms with Gasteiger partial charge in [-0.2, -0.15) is 0 Å². The van der Waals surface area contributed by atoms with Gasteiger partial charge in [-0.15, -0.1) is 0 Å². The molecule has 4 nitrogen and oxygen atoms in total. The quantitative estimate of drug-likeness (QED) is 0.644. The zero-order valence-electron chi connectivity index (χ0n) is 7.47. The van der Waals surface area contributed by atoms with Crippen LogP contribution in [0.25, 0.3) is 0 Å². The van der Waals surface area contributed by atoms with Crippen molar-refractivity contribution in [2.24, 2.45) is 0 Å². The molecule has 64 valence electrons. The van der Waals surface area contributed by atoms with Crippen molar-refractivity contribution in [2.45, 2.75) is 13.8 Å². The highest BCUT2D eigenvalue weighted by molar-refractivity contribution is 5.81. The summed E-state index contributed by atoms with van der Waals surface area (Å²) >= 11 is 0.